The topological polar surface area (TPSA) is 61.1 Å². The fraction of sp³-hybridized carbons (Fsp3) is 0.538. The minimum atomic E-state index is 0.108. The molecule has 0 saturated heterocycles. The van der Waals surface area contributed by atoms with E-state index in [-0.39, 0.29) is 5.91 Å². The maximum atomic E-state index is 11.7. The largest absolute Gasteiger partial charge is 0.342 e. The van der Waals surface area contributed by atoms with E-state index in [2.05, 4.69) is 11.4 Å². The van der Waals surface area contributed by atoms with Crippen molar-refractivity contribution in [2.24, 2.45) is 7.05 Å². The predicted octanol–water partition coefficient (Wildman–Crippen LogP) is 0.855. The zero-order valence-electron chi connectivity index (χ0n) is 11.2. The lowest BCUT2D eigenvalue weighted by Gasteiger charge is -2.18. The van der Waals surface area contributed by atoms with Crippen molar-refractivity contribution >= 4 is 5.91 Å². The molecule has 0 atom stereocenters. The average Bonchev–Trinajstić information content (AvgIpc) is 2.71. The van der Waals surface area contributed by atoms with Crippen LogP contribution >= 0.6 is 0 Å². The van der Waals surface area contributed by atoms with Crippen molar-refractivity contribution in [2.75, 3.05) is 19.6 Å². The number of carbonyl (C=O) groups excluding carboxylic acids is 1. The summed E-state index contributed by atoms with van der Waals surface area (Å²) in [7, 11) is 1.84. The quantitative estimate of drug-likeness (QED) is 0.812. The summed E-state index contributed by atoms with van der Waals surface area (Å²) in [6, 6.07) is 3.94. The molecule has 98 valence electrons. The van der Waals surface area contributed by atoms with Crippen molar-refractivity contribution in [1.29, 1.82) is 5.26 Å². The van der Waals surface area contributed by atoms with Crippen LogP contribution in [0.4, 0.5) is 0 Å². The lowest BCUT2D eigenvalue weighted by atomic mass is 10.3. The van der Waals surface area contributed by atoms with Gasteiger partial charge in [-0.1, -0.05) is 0 Å². The Balaban J connectivity index is 2.42. The van der Waals surface area contributed by atoms with Gasteiger partial charge >= 0.3 is 0 Å². The van der Waals surface area contributed by atoms with Crippen molar-refractivity contribution in [3.05, 3.63) is 23.5 Å². The van der Waals surface area contributed by atoms with E-state index in [1.165, 1.54) is 0 Å². The van der Waals surface area contributed by atoms with Gasteiger partial charge in [-0.3, -0.25) is 4.79 Å². The number of likely N-dealkylation sites (N-methyl/N-ethyl adjacent to an activating group) is 1. The molecule has 0 unspecified atom stereocenters. The molecule has 0 bridgehead atoms. The zero-order chi connectivity index (χ0) is 13.5. The van der Waals surface area contributed by atoms with Crippen LogP contribution in [0.15, 0.2) is 12.3 Å². The van der Waals surface area contributed by atoms with Crippen LogP contribution in [-0.2, 0) is 18.4 Å². The van der Waals surface area contributed by atoms with E-state index in [9.17, 15) is 4.79 Å². The standard InChI is InChI=1S/C13H20N4O/c1-4-17(5-2)13(18)9-15-8-11-6-12(7-14)16(3)10-11/h6,10,15H,4-5,8-9H2,1-3H3. The van der Waals surface area contributed by atoms with Crippen molar-refractivity contribution in [1.82, 2.24) is 14.8 Å². The summed E-state index contributed by atoms with van der Waals surface area (Å²) >= 11 is 0. The van der Waals surface area contributed by atoms with E-state index in [0.29, 0.717) is 18.8 Å². The normalized spacial score (nSPS) is 10.1. The highest BCUT2D eigenvalue weighted by Gasteiger charge is 2.09. The number of aromatic nitrogens is 1. The summed E-state index contributed by atoms with van der Waals surface area (Å²) < 4.78 is 1.78. The minimum Gasteiger partial charge on any atom is -0.342 e. The number of nitriles is 1. The highest BCUT2D eigenvalue weighted by molar-refractivity contribution is 5.78. The second kappa shape index (κ2) is 6.82. The summed E-state index contributed by atoms with van der Waals surface area (Å²) in [5, 5.41) is 11.9. The summed E-state index contributed by atoms with van der Waals surface area (Å²) in [4.78, 5) is 13.5. The van der Waals surface area contributed by atoms with E-state index in [0.717, 1.165) is 18.7 Å². The maximum absolute atomic E-state index is 11.7. The Morgan fingerprint density at radius 3 is 2.67 bits per heavy atom. The Labute approximate surface area is 108 Å². The van der Waals surface area contributed by atoms with E-state index in [1.807, 2.05) is 33.2 Å². The summed E-state index contributed by atoms with van der Waals surface area (Å²) in [5.74, 6) is 0.108. The number of nitrogens with one attached hydrogen (secondary N) is 1. The van der Waals surface area contributed by atoms with Crippen LogP contribution in [0.2, 0.25) is 0 Å². The number of amides is 1. The summed E-state index contributed by atoms with van der Waals surface area (Å²) in [6.07, 6.45) is 1.90. The third-order valence-electron chi connectivity index (χ3n) is 2.90. The number of nitrogens with zero attached hydrogens (tertiary/aromatic N) is 3. The molecule has 0 aliphatic carbocycles. The van der Waals surface area contributed by atoms with E-state index < -0.39 is 0 Å². The van der Waals surface area contributed by atoms with Gasteiger partial charge in [0.05, 0.1) is 6.54 Å². The summed E-state index contributed by atoms with van der Waals surface area (Å²) in [5.41, 5.74) is 1.64. The maximum Gasteiger partial charge on any atom is 0.236 e. The molecule has 0 aliphatic rings. The molecule has 0 aromatic carbocycles. The third kappa shape index (κ3) is 3.60. The van der Waals surface area contributed by atoms with Gasteiger partial charge in [-0.25, -0.2) is 0 Å². The Hall–Kier alpha value is -1.80. The van der Waals surface area contributed by atoms with Crippen LogP contribution in [0.5, 0.6) is 0 Å². The van der Waals surface area contributed by atoms with Gasteiger partial charge in [0.15, 0.2) is 0 Å². The highest BCUT2D eigenvalue weighted by Crippen LogP contribution is 2.05. The van der Waals surface area contributed by atoms with Gasteiger partial charge in [-0.15, -0.1) is 0 Å². The monoisotopic (exact) mass is 248 g/mol. The van der Waals surface area contributed by atoms with Gasteiger partial charge < -0.3 is 14.8 Å². The molecule has 18 heavy (non-hydrogen) atoms. The van der Waals surface area contributed by atoms with Crippen molar-refractivity contribution in [3.8, 4) is 6.07 Å². The molecule has 5 heteroatoms. The Bertz CT molecular complexity index is 440. The molecule has 0 fully saturated rings. The van der Waals surface area contributed by atoms with Gasteiger partial charge in [-0.05, 0) is 25.5 Å². The van der Waals surface area contributed by atoms with Crippen molar-refractivity contribution < 1.29 is 4.79 Å². The molecule has 1 aromatic heterocycles. The minimum absolute atomic E-state index is 0.108. The molecule has 0 radical (unpaired) electrons. The number of hydrogen-bond acceptors (Lipinski definition) is 3. The van der Waals surface area contributed by atoms with Crippen LogP contribution in [0.25, 0.3) is 0 Å². The number of carbonyl (C=O) groups is 1. The van der Waals surface area contributed by atoms with E-state index in [1.54, 1.807) is 9.47 Å². The highest BCUT2D eigenvalue weighted by atomic mass is 16.2. The Morgan fingerprint density at radius 1 is 1.50 bits per heavy atom. The van der Waals surface area contributed by atoms with Crippen molar-refractivity contribution in [3.63, 3.8) is 0 Å². The molecule has 0 saturated carbocycles. The second-order valence-electron chi connectivity index (χ2n) is 4.13. The van der Waals surface area contributed by atoms with Gasteiger partial charge in [-0.2, -0.15) is 5.26 Å². The van der Waals surface area contributed by atoms with Crippen LogP contribution < -0.4 is 5.32 Å². The van der Waals surface area contributed by atoms with Gasteiger partial charge in [0.1, 0.15) is 11.8 Å². The number of rotatable bonds is 6. The van der Waals surface area contributed by atoms with Crippen LogP contribution in [-0.4, -0.2) is 35.0 Å². The SMILES string of the molecule is CCN(CC)C(=O)CNCc1cc(C#N)n(C)c1. The molecule has 0 aliphatic heterocycles. The average molecular weight is 248 g/mol. The van der Waals surface area contributed by atoms with Crippen LogP contribution in [0.1, 0.15) is 25.1 Å². The lowest BCUT2D eigenvalue weighted by molar-refractivity contribution is -0.129. The molecular weight excluding hydrogens is 228 g/mol. The van der Waals surface area contributed by atoms with Crippen LogP contribution in [0.3, 0.4) is 0 Å². The van der Waals surface area contributed by atoms with Gasteiger partial charge in [0.25, 0.3) is 0 Å². The molecular formula is C13H20N4O. The van der Waals surface area contributed by atoms with Crippen molar-refractivity contribution in [2.45, 2.75) is 20.4 Å². The van der Waals surface area contributed by atoms with E-state index >= 15 is 0 Å². The fourth-order valence-corrected chi connectivity index (χ4v) is 1.84. The third-order valence-corrected chi connectivity index (χ3v) is 2.90. The predicted molar refractivity (Wildman–Crippen MR) is 69.8 cm³/mol. The summed E-state index contributed by atoms with van der Waals surface area (Å²) in [6.45, 7) is 6.35. The first-order chi connectivity index (χ1) is 8.62. The van der Waals surface area contributed by atoms with Gasteiger partial charge in [0.2, 0.25) is 5.91 Å². The smallest absolute Gasteiger partial charge is 0.236 e. The molecule has 1 aromatic rings. The molecule has 1 rings (SSSR count). The first-order valence-electron chi connectivity index (χ1n) is 6.16. The Morgan fingerprint density at radius 2 is 2.17 bits per heavy atom. The number of hydrogen-bond donors (Lipinski definition) is 1. The molecule has 0 spiro atoms. The molecule has 5 nitrogen and oxygen atoms in total. The second-order valence-corrected chi connectivity index (χ2v) is 4.13. The number of aryl methyl sites for hydroxylation is 1. The van der Waals surface area contributed by atoms with Gasteiger partial charge in [0, 0.05) is 32.9 Å². The molecule has 1 N–H and O–H groups in total. The molecule has 1 amide bonds. The first kappa shape index (κ1) is 14.3. The zero-order valence-corrected chi connectivity index (χ0v) is 11.2. The fourth-order valence-electron chi connectivity index (χ4n) is 1.84. The Kier molecular flexibility index (Phi) is 5.40. The lowest BCUT2D eigenvalue weighted by Crippen LogP contribution is -2.37. The molecule has 1 heterocycles. The van der Waals surface area contributed by atoms with Crippen LogP contribution in [0, 0.1) is 11.3 Å². The first-order valence-corrected chi connectivity index (χ1v) is 6.16. The van der Waals surface area contributed by atoms with E-state index in [4.69, 9.17) is 5.26 Å².